The van der Waals surface area contributed by atoms with E-state index >= 15 is 0 Å². The maximum Gasteiger partial charge on any atom is 0.321 e. The molecule has 174 valence electrons. The van der Waals surface area contributed by atoms with Crippen LogP contribution in [0.15, 0.2) is 73.3 Å². The number of carboxylic acids is 1. The molecule has 3 aromatic rings. The number of hydrogen-bond acceptors (Lipinski definition) is 5. The number of nitrogens with one attached hydrogen (secondary N) is 1. The summed E-state index contributed by atoms with van der Waals surface area (Å²) >= 11 is 0. The highest BCUT2D eigenvalue weighted by molar-refractivity contribution is 5.73. The van der Waals surface area contributed by atoms with E-state index in [0.717, 1.165) is 49.8 Å². The van der Waals surface area contributed by atoms with Gasteiger partial charge in [0, 0.05) is 24.8 Å². The summed E-state index contributed by atoms with van der Waals surface area (Å²) < 4.78 is 5.83. The van der Waals surface area contributed by atoms with E-state index in [1.54, 1.807) is 12.4 Å². The maximum absolute atomic E-state index is 11.7. The van der Waals surface area contributed by atoms with Crippen LogP contribution in [-0.2, 0) is 24.1 Å². The Bertz CT molecular complexity index is 934. The van der Waals surface area contributed by atoms with Gasteiger partial charge < -0.3 is 15.2 Å². The van der Waals surface area contributed by atoms with E-state index in [1.165, 1.54) is 11.1 Å². The molecule has 0 aliphatic rings. The first-order valence-corrected chi connectivity index (χ1v) is 11.7. The van der Waals surface area contributed by atoms with Gasteiger partial charge in [-0.2, -0.15) is 0 Å². The molecule has 0 aliphatic heterocycles. The second kappa shape index (κ2) is 14.0. The monoisotopic (exact) mass is 447 g/mol. The molecule has 0 bridgehead atoms. The molecule has 6 nitrogen and oxygen atoms in total. The zero-order valence-corrected chi connectivity index (χ0v) is 19.0. The van der Waals surface area contributed by atoms with Crippen molar-refractivity contribution in [1.82, 2.24) is 15.3 Å². The first-order valence-electron chi connectivity index (χ1n) is 11.7. The van der Waals surface area contributed by atoms with Gasteiger partial charge in [-0.25, -0.2) is 0 Å². The minimum Gasteiger partial charge on any atom is -0.494 e. The van der Waals surface area contributed by atoms with Crippen LogP contribution in [-0.4, -0.2) is 40.2 Å². The number of carboxylic acid groups (broad SMARTS) is 1. The van der Waals surface area contributed by atoms with Crippen LogP contribution < -0.4 is 10.1 Å². The Morgan fingerprint density at radius 3 is 1.94 bits per heavy atom. The molecule has 0 unspecified atom stereocenters. The Hall–Kier alpha value is -3.25. The zero-order chi connectivity index (χ0) is 23.1. The highest BCUT2D eigenvalue weighted by Crippen LogP contribution is 2.15. The Labute approximate surface area is 196 Å². The number of carbonyl (C=O) groups is 1. The number of benzene rings is 1. The van der Waals surface area contributed by atoms with E-state index in [9.17, 15) is 9.90 Å². The summed E-state index contributed by atoms with van der Waals surface area (Å²) in [6.07, 6.45) is 13.7. The van der Waals surface area contributed by atoms with Gasteiger partial charge in [0.15, 0.2) is 0 Å². The van der Waals surface area contributed by atoms with Crippen LogP contribution in [0.1, 0.15) is 42.4 Å². The Morgan fingerprint density at radius 2 is 1.36 bits per heavy atom. The van der Waals surface area contributed by atoms with Crippen LogP contribution in [0.4, 0.5) is 0 Å². The quantitative estimate of drug-likeness (QED) is 0.334. The van der Waals surface area contributed by atoms with Crippen molar-refractivity contribution in [2.24, 2.45) is 0 Å². The second-order valence-electron chi connectivity index (χ2n) is 8.17. The first-order chi connectivity index (χ1) is 16.2. The third-order valence-electron chi connectivity index (χ3n) is 5.57. The fraction of sp³-hybridized carbons (Fsp3) is 0.370. The summed E-state index contributed by atoms with van der Waals surface area (Å²) in [5.41, 5.74) is 3.54. The minimum absolute atomic E-state index is 0.450. The second-order valence-corrected chi connectivity index (χ2v) is 8.17. The van der Waals surface area contributed by atoms with Crippen molar-refractivity contribution in [3.05, 3.63) is 90.0 Å². The van der Waals surface area contributed by atoms with Gasteiger partial charge in [0.2, 0.25) is 0 Å². The van der Waals surface area contributed by atoms with Gasteiger partial charge in [0.25, 0.3) is 0 Å². The molecule has 0 aliphatic carbocycles. The van der Waals surface area contributed by atoms with Gasteiger partial charge in [0.1, 0.15) is 11.8 Å². The molecule has 1 aromatic carbocycles. The number of ether oxygens (including phenoxy) is 1. The SMILES string of the molecule is O=C(O)[C@H](Cc1ccc(OCCCCc2ccncc2)cc1)NCCCCc1ccncc1. The predicted molar refractivity (Wildman–Crippen MR) is 129 cm³/mol. The van der Waals surface area contributed by atoms with Gasteiger partial charge in [-0.05, 0) is 105 Å². The molecule has 1 atom stereocenters. The van der Waals surface area contributed by atoms with Crippen LogP contribution in [0.2, 0.25) is 0 Å². The topological polar surface area (TPSA) is 84.3 Å². The number of aryl methyl sites for hydroxylation is 2. The fourth-order valence-electron chi connectivity index (χ4n) is 3.65. The van der Waals surface area contributed by atoms with Crippen LogP contribution in [0.5, 0.6) is 5.75 Å². The lowest BCUT2D eigenvalue weighted by Gasteiger charge is -2.15. The largest absolute Gasteiger partial charge is 0.494 e. The normalized spacial score (nSPS) is 11.8. The summed E-state index contributed by atoms with van der Waals surface area (Å²) in [5.74, 6) is -0.00253. The zero-order valence-electron chi connectivity index (χ0n) is 19.0. The molecular weight excluding hydrogens is 414 g/mol. The van der Waals surface area contributed by atoms with E-state index in [1.807, 2.05) is 60.9 Å². The lowest BCUT2D eigenvalue weighted by Crippen LogP contribution is -2.39. The summed E-state index contributed by atoms with van der Waals surface area (Å²) in [6, 6.07) is 15.3. The van der Waals surface area contributed by atoms with Gasteiger partial charge in [-0.3, -0.25) is 14.8 Å². The first kappa shape index (κ1) is 24.4. The molecule has 0 spiro atoms. The van der Waals surface area contributed by atoms with E-state index in [-0.39, 0.29) is 0 Å². The Kier molecular flexibility index (Phi) is 10.4. The number of aliphatic carboxylic acids is 1. The van der Waals surface area contributed by atoms with Crippen molar-refractivity contribution in [3.63, 3.8) is 0 Å². The van der Waals surface area contributed by atoms with Crippen molar-refractivity contribution in [2.45, 2.75) is 51.0 Å². The van der Waals surface area contributed by atoms with Crippen molar-refractivity contribution in [2.75, 3.05) is 13.2 Å². The summed E-state index contributed by atoms with van der Waals surface area (Å²) in [5, 5.41) is 12.8. The molecule has 0 radical (unpaired) electrons. The number of rotatable bonds is 15. The van der Waals surface area contributed by atoms with E-state index in [0.29, 0.717) is 19.6 Å². The van der Waals surface area contributed by atoms with Gasteiger partial charge in [-0.15, -0.1) is 0 Å². The molecule has 0 saturated carbocycles. The third-order valence-corrected chi connectivity index (χ3v) is 5.57. The van der Waals surface area contributed by atoms with E-state index < -0.39 is 12.0 Å². The molecule has 2 aromatic heterocycles. The van der Waals surface area contributed by atoms with Crippen LogP contribution in [0, 0.1) is 0 Å². The average molecular weight is 448 g/mol. The molecule has 6 heteroatoms. The highest BCUT2D eigenvalue weighted by atomic mass is 16.5. The van der Waals surface area contributed by atoms with E-state index in [2.05, 4.69) is 15.3 Å². The number of unbranched alkanes of at least 4 members (excludes halogenated alkanes) is 2. The van der Waals surface area contributed by atoms with Gasteiger partial charge in [-0.1, -0.05) is 12.1 Å². The van der Waals surface area contributed by atoms with Gasteiger partial charge in [0.05, 0.1) is 6.61 Å². The van der Waals surface area contributed by atoms with Crippen molar-refractivity contribution in [1.29, 1.82) is 0 Å². The van der Waals surface area contributed by atoms with E-state index in [4.69, 9.17) is 4.74 Å². The molecule has 0 fully saturated rings. The third kappa shape index (κ3) is 9.41. The average Bonchev–Trinajstić information content (AvgIpc) is 2.85. The van der Waals surface area contributed by atoms with Crippen LogP contribution in [0.3, 0.4) is 0 Å². The van der Waals surface area contributed by atoms with Crippen molar-refractivity contribution in [3.8, 4) is 5.75 Å². The smallest absolute Gasteiger partial charge is 0.321 e. The van der Waals surface area contributed by atoms with Crippen LogP contribution in [0.25, 0.3) is 0 Å². The van der Waals surface area contributed by atoms with Gasteiger partial charge >= 0.3 is 5.97 Å². The molecular formula is C27H33N3O3. The number of aromatic nitrogens is 2. The maximum atomic E-state index is 11.7. The molecule has 3 rings (SSSR count). The van der Waals surface area contributed by atoms with Crippen molar-refractivity contribution >= 4 is 5.97 Å². The number of nitrogens with zero attached hydrogens (tertiary/aromatic N) is 2. The summed E-state index contributed by atoms with van der Waals surface area (Å²) in [4.78, 5) is 19.7. The molecule has 0 amide bonds. The lowest BCUT2D eigenvalue weighted by molar-refractivity contribution is -0.139. The lowest BCUT2D eigenvalue weighted by atomic mass is 10.1. The van der Waals surface area contributed by atoms with Crippen molar-refractivity contribution < 1.29 is 14.6 Å². The minimum atomic E-state index is -0.821. The predicted octanol–water partition coefficient (Wildman–Crippen LogP) is 4.49. The Morgan fingerprint density at radius 1 is 0.788 bits per heavy atom. The molecule has 2 N–H and O–H groups in total. The van der Waals surface area contributed by atoms with Crippen LogP contribution >= 0.6 is 0 Å². The molecule has 0 saturated heterocycles. The molecule has 33 heavy (non-hydrogen) atoms. The summed E-state index contributed by atoms with van der Waals surface area (Å²) in [6.45, 7) is 1.35. The number of hydrogen-bond donors (Lipinski definition) is 2. The molecule has 2 heterocycles. The number of pyridine rings is 2. The Balaban J connectivity index is 1.32. The summed E-state index contributed by atoms with van der Waals surface area (Å²) in [7, 11) is 0. The standard InChI is InChI=1S/C27H33N3O3/c31-27(32)26(30-15-3-1-5-22-11-16-28-17-12-22)21-24-7-9-25(10-8-24)33-20-4-2-6-23-13-18-29-19-14-23/h7-14,16-19,26,30H,1-6,15,20-21H2,(H,31,32)/t26-/m0/s1. The highest BCUT2D eigenvalue weighted by Gasteiger charge is 2.17. The fourth-order valence-corrected chi connectivity index (χ4v) is 3.65.